The molecule has 0 saturated heterocycles. The zero-order valence-corrected chi connectivity index (χ0v) is 18.9. The SMILES string of the molecule is C.CC(=O)OCCOCCC(=O)OC(C)(C)C.CC(C)(C)OC(=O)CCOCCO. The predicted octanol–water partition coefficient (Wildman–Crippen LogP) is 2.66. The molecule has 0 bridgehead atoms. The molecule has 0 aliphatic rings. The van der Waals surface area contributed by atoms with Gasteiger partial charge in [-0.25, -0.2) is 0 Å². The van der Waals surface area contributed by atoms with Crippen molar-refractivity contribution in [3.8, 4) is 0 Å². The van der Waals surface area contributed by atoms with E-state index in [1.165, 1.54) is 6.92 Å². The third-order valence-electron chi connectivity index (χ3n) is 2.51. The van der Waals surface area contributed by atoms with Crippen molar-refractivity contribution in [2.75, 3.05) is 39.6 Å². The van der Waals surface area contributed by atoms with Crippen LogP contribution in [0.25, 0.3) is 0 Å². The molecule has 0 aliphatic heterocycles. The summed E-state index contributed by atoms with van der Waals surface area (Å²) in [5.74, 6) is -0.902. The number of esters is 3. The first-order valence-electron chi connectivity index (χ1n) is 9.60. The molecular formula is C21H42O9. The number of hydrogen-bond acceptors (Lipinski definition) is 9. The van der Waals surface area contributed by atoms with Gasteiger partial charge in [-0.05, 0) is 41.5 Å². The topological polar surface area (TPSA) is 118 Å². The van der Waals surface area contributed by atoms with E-state index in [0.29, 0.717) is 13.2 Å². The van der Waals surface area contributed by atoms with Crippen molar-refractivity contribution in [2.45, 2.75) is 79.9 Å². The second kappa shape index (κ2) is 18.1. The summed E-state index contributed by atoms with van der Waals surface area (Å²) in [5.41, 5.74) is -0.900. The minimum atomic E-state index is -0.463. The molecule has 9 heteroatoms. The highest BCUT2D eigenvalue weighted by Gasteiger charge is 2.16. The Morgan fingerprint density at radius 2 is 1.10 bits per heavy atom. The molecule has 0 aromatic rings. The second-order valence-electron chi connectivity index (χ2n) is 7.96. The monoisotopic (exact) mass is 438 g/mol. The maximum atomic E-state index is 11.2. The highest BCUT2D eigenvalue weighted by molar-refractivity contribution is 5.70. The molecule has 0 fully saturated rings. The summed E-state index contributed by atoms with van der Waals surface area (Å²) >= 11 is 0. The van der Waals surface area contributed by atoms with Gasteiger partial charge in [-0.3, -0.25) is 14.4 Å². The molecule has 0 saturated carbocycles. The third-order valence-corrected chi connectivity index (χ3v) is 2.51. The number of aliphatic hydroxyl groups excluding tert-OH is 1. The zero-order valence-electron chi connectivity index (χ0n) is 18.9. The van der Waals surface area contributed by atoms with Crippen molar-refractivity contribution in [1.82, 2.24) is 0 Å². The van der Waals surface area contributed by atoms with Crippen molar-refractivity contribution in [1.29, 1.82) is 0 Å². The van der Waals surface area contributed by atoms with Crippen LogP contribution in [0.5, 0.6) is 0 Å². The molecule has 0 rings (SSSR count). The van der Waals surface area contributed by atoms with Crippen molar-refractivity contribution in [2.24, 2.45) is 0 Å². The normalized spacial score (nSPS) is 10.8. The van der Waals surface area contributed by atoms with Crippen LogP contribution in [0.4, 0.5) is 0 Å². The van der Waals surface area contributed by atoms with Crippen LogP contribution >= 0.6 is 0 Å². The number of carbonyl (C=O) groups excluding carboxylic acids is 3. The smallest absolute Gasteiger partial charge is 0.308 e. The lowest BCUT2D eigenvalue weighted by molar-refractivity contribution is -0.157. The Balaban J connectivity index is -0.000000480. The fraction of sp³-hybridized carbons (Fsp3) is 0.857. The van der Waals surface area contributed by atoms with E-state index in [9.17, 15) is 14.4 Å². The van der Waals surface area contributed by atoms with Crippen molar-refractivity contribution >= 4 is 17.9 Å². The first-order valence-corrected chi connectivity index (χ1v) is 9.60. The Morgan fingerprint density at radius 3 is 1.43 bits per heavy atom. The van der Waals surface area contributed by atoms with E-state index in [1.807, 2.05) is 41.5 Å². The van der Waals surface area contributed by atoms with Crippen LogP contribution in [-0.4, -0.2) is 73.9 Å². The Hall–Kier alpha value is -1.71. The van der Waals surface area contributed by atoms with Crippen molar-refractivity contribution in [3.05, 3.63) is 0 Å². The Morgan fingerprint density at radius 1 is 0.700 bits per heavy atom. The largest absolute Gasteiger partial charge is 0.463 e. The van der Waals surface area contributed by atoms with Gasteiger partial charge in [0.05, 0.1) is 45.9 Å². The second-order valence-corrected chi connectivity index (χ2v) is 7.96. The van der Waals surface area contributed by atoms with E-state index >= 15 is 0 Å². The summed E-state index contributed by atoms with van der Waals surface area (Å²) in [4.78, 5) is 32.7. The minimum absolute atomic E-state index is 0. The van der Waals surface area contributed by atoms with Gasteiger partial charge < -0.3 is 28.8 Å². The molecule has 0 aromatic heterocycles. The lowest BCUT2D eigenvalue weighted by Crippen LogP contribution is -2.24. The zero-order chi connectivity index (χ0) is 22.9. The molecule has 9 nitrogen and oxygen atoms in total. The Kier molecular flexibility index (Phi) is 19.9. The lowest BCUT2D eigenvalue weighted by atomic mass is 10.2. The highest BCUT2D eigenvalue weighted by atomic mass is 16.6. The van der Waals surface area contributed by atoms with Gasteiger partial charge in [0.2, 0.25) is 0 Å². The summed E-state index contributed by atoms with van der Waals surface area (Å²) in [5, 5.41) is 8.38. The van der Waals surface area contributed by atoms with Crippen molar-refractivity contribution < 1.29 is 43.2 Å². The average Bonchev–Trinajstić information content (AvgIpc) is 2.52. The molecule has 30 heavy (non-hydrogen) atoms. The summed E-state index contributed by atoms with van der Waals surface area (Å²) in [7, 11) is 0. The van der Waals surface area contributed by atoms with Gasteiger partial charge >= 0.3 is 17.9 Å². The molecule has 0 radical (unpaired) electrons. The lowest BCUT2D eigenvalue weighted by Gasteiger charge is -2.19. The number of aliphatic hydroxyl groups is 1. The van der Waals surface area contributed by atoms with Gasteiger partial charge in [0.1, 0.15) is 17.8 Å². The first-order chi connectivity index (χ1) is 13.3. The summed E-state index contributed by atoms with van der Waals surface area (Å²) in [6, 6.07) is 0. The van der Waals surface area contributed by atoms with E-state index < -0.39 is 11.2 Å². The summed E-state index contributed by atoms with van der Waals surface area (Å²) < 4.78 is 24.8. The van der Waals surface area contributed by atoms with Gasteiger partial charge in [0.15, 0.2) is 0 Å². The van der Waals surface area contributed by atoms with Crippen LogP contribution in [-0.2, 0) is 38.1 Å². The van der Waals surface area contributed by atoms with E-state index in [-0.39, 0.29) is 64.6 Å². The fourth-order valence-corrected chi connectivity index (χ4v) is 1.61. The van der Waals surface area contributed by atoms with Crippen LogP contribution in [0.2, 0.25) is 0 Å². The van der Waals surface area contributed by atoms with Crippen LogP contribution in [0, 0.1) is 0 Å². The molecule has 0 amide bonds. The average molecular weight is 439 g/mol. The molecule has 0 aliphatic carbocycles. The van der Waals surface area contributed by atoms with Crippen LogP contribution in [0.15, 0.2) is 0 Å². The molecule has 0 atom stereocenters. The number of ether oxygens (including phenoxy) is 5. The highest BCUT2D eigenvalue weighted by Crippen LogP contribution is 2.08. The first kappa shape index (κ1) is 32.9. The molecule has 1 N–H and O–H groups in total. The molecule has 180 valence electrons. The quantitative estimate of drug-likeness (QED) is 0.295. The Bertz CT molecular complexity index is 462. The molecular weight excluding hydrogens is 396 g/mol. The standard InChI is InChI=1S/C11H20O5.C9H18O4.CH4/c1-9(12)15-8-7-14-6-5-10(13)16-11(2,3)4;1-9(2,3)13-8(11)4-6-12-7-5-10;/h5-8H2,1-4H3;10H,4-7H2,1-3H3;1H4. The van der Waals surface area contributed by atoms with Gasteiger partial charge in [-0.2, -0.15) is 0 Å². The predicted molar refractivity (Wildman–Crippen MR) is 113 cm³/mol. The van der Waals surface area contributed by atoms with Crippen LogP contribution < -0.4 is 0 Å². The van der Waals surface area contributed by atoms with Crippen molar-refractivity contribution in [3.63, 3.8) is 0 Å². The summed E-state index contributed by atoms with van der Waals surface area (Å²) in [6.07, 6.45) is 0.439. The van der Waals surface area contributed by atoms with Gasteiger partial charge in [-0.15, -0.1) is 0 Å². The van der Waals surface area contributed by atoms with E-state index in [4.69, 9.17) is 24.1 Å². The Labute approximate surface area is 181 Å². The van der Waals surface area contributed by atoms with Gasteiger partial charge in [0, 0.05) is 6.92 Å². The van der Waals surface area contributed by atoms with E-state index in [1.54, 1.807) is 0 Å². The van der Waals surface area contributed by atoms with E-state index in [2.05, 4.69) is 4.74 Å². The minimum Gasteiger partial charge on any atom is -0.463 e. The molecule has 0 aromatic carbocycles. The summed E-state index contributed by atoms with van der Waals surface area (Å²) in [6.45, 7) is 13.6. The molecule has 0 spiro atoms. The van der Waals surface area contributed by atoms with E-state index in [0.717, 1.165) is 0 Å². The van der Waals surface area contributed by atoms with Crippen LogP contribution in [0.1, 0.15) is 68.7 Å². The fourth-order valence-electron chi connectivity index (χ4n) is 1.61. The molecule has 0 unspecified atom stereocenters. The maximum Gasteiger partial charge on any atom is 0.308 e. The maximum absolute atomic E-state index is 11.2. The van der Waals surface area contributed by atoms with Gasteiger partial charge in [0.25, 0.3) is 0 Å². The number of hydrogen-bond donors (Lipinski definition) is 1. The number of carbonyl (C=O) groups is 3. The third kappa shape index (κ3) is 31.0. The van der Waals surface area contributed by atoms with Crippen LogP contribution in [0.3, 0.4) is 0 Å². The molecule has 0 heterocycles. The van der Waals surface area contributed by atoms with Gasteiger partial charge in [-0.1, -0.05) is 7.43 Å². The number of rotatable bonds is 11.